The van der Waals surface area contributed by atoms with Crippen LogP contribution >= 0.6 is 0 Å². The summed E-state index contributed by atoms with van der Waals surface area (Å²) in [6.45, 7) is 7.62. The van der Waals surface area contributed by atoms with Crippen LogP contribution in [0.25, 0.3) is 32.3 Å². The van der Waals surface area contributed by atoms with E-state index in [9.17, 15) is 4.39 Å². The van der Waals surface area contributed by atoms with Crippen LogP contribution in [-0.2, 0) is 0 Å². The third-order valence-corrected chi connectivity index (χ3v) is 16.2. The quantitative estimate of drug-likeness (QED) is 0.0780. The van der Waals surface area contributed by atoms with E-state index in [-0.39, 0.29) is 5.82 Å². The molecule has 9 aromatic carbocycles. The topological polar surface area (TPSA) is 21.8 Å². The van der Waals surface area contributed by atoms with Gasteiger partial charge in [0, 0.05) is 33.5 Å². The number of fused-ring (bicyclic) bond motifs is 3. The molecule has 0 aliphatic carbocycles. The molecule has 0 unspecified atom stereocenters. The van der Waals surface area contributed by atoms with E-state index in [4.69, 9.17) is 11.3 Å². The van der Waals surface area contributed by atoms with Gasteiger partial charge in [0.05, 0.1) is 17.6 Å². The van der Waals surface area contributed by atoms with Gasteiger partial charge in [-0.25, -0.2) is 9.24 Å². The monoisotopic (exact) mass is 803 g/mol. The van der Waals surface area contributed by atoms with E-state index in [0.29, 0.717) is 5.69 Å². The van der Waals surface area contributed by atoms with Crippen molar-refractivity contribution in [3.63, 3.8) is 0 Å². The molecule has 0 atom stereocenters. The summed E-state index contributed by atoms with van der Waals surface area (Å²) < 4.78 is 22.8. The number of rotatable bonds is 10. The molecule has 4 nitrogen and oxygen atoms in total. The molecule has 0 bridgehead atoms. The summed E-state index contributed by atoms with van der Waals surface area (Å²) in [7, 11) is -2.87. The lowest BCUT2D eigenvalue weighted by Crippen LogP contribution is -2.74. The predicted octanol–water partition coefficient (Wildman–Crippen LogP) is 12.1. The first kappa shape index (κ1) is 37.3. The molecular weight excluding hydrogens is 766 g/mol. The van der Waals surface area contributed by atoms with E-state index >= 15 is 0 Å². The molecule has 1 aromatic heterocycles. The average molecular weight is 804 g/mol. The maximum Gasteiger partial charge on any atom is 0.187 e. The molecule has 0 aliphatic rings. The van der Waals surface area contributed by atoms with Crippen LogP contribution < -0.4 is 30.4 Å². The van der Waals surface area contributed by atoms with Crippen molar-refractivity contribution in [3.05, 3.63) is 248 Å². The summed E-state index contributed by atoms with van der Waals surface area (Å²) in [6, 6.07) is 78.6. The highest BCUT2D eigenvalue weighted by atomic mass is 28.3. The van der Waals surface area contributed by atoms with Gasteiger partial charge >= 0.3 is 0 Å². The molecule has 0 spiro atoms. The fraction of sp³-hybridized carbons (Fsp3) is 0. The maximum absolute atomic E-state index is 14.4. The summed E-state index contributed by atoms with van der Waals surface area (Å²) >= 11 is 0. The van der Waals surface area contributed by atoms with Crippen molar-refractivity contribution >= 4 is 73.4 Å². The maximum atomic E-state index is 14.4. The van der Waals surface area contributed by atoms with Crippen molar-refractivity contribution in [1.29, 1.82) is 0 Å². The summed E-state index contributed by atoms with van der Waals surface area (Å²) in [5.41, 5.74) is 6.26. The number of halogens is 1. The van der Waals surface area contributed by atoms with Gasteiger partial charge in [-0.1, -0.05) is 133 Å². The van der Waals surface area contributed by atoms with E-state index in [1.54, 1.807) is 0 Å². The molecule has 290 valence electrons. The molecule has 0 aliphatic heterocycles. The van der Waals surface area contributed by atoms with Gasteiger partial charge in [-0.3, -0.25) is 0 Å². The smallest absolute Gasteiger partial charge is 0.187 e. The van der Waals surface area contributed by atoms with Gasteiger partial charge in [-0.05, 0) is 118 Å². The van der Waals surface area contributed by atoms with Gasteiger partial charge in [-0.2, -0.15) is 0 Å². The lowest BCUT2D eigenvalue weighted by Gasteiger charge is -2.34. The number of hydrogen-bond acceptors (Lipinski definition) is 2. The fourth-order valence-electron chi connectivity index (χ4n) is 8.73. The average Bonchev–Trinajstić information content (AvgIpc) is 3.65. The van der Waals surface area contributed by atoms with Crippen LogP contribution in [0.2, 0.25) is 0 Å². The second-order valence-corrected chi connectivity index (χ2v) is 18.8. The number of nitrogens with zero attached hydrogens (tertiary/aromatic N) is 3. The van der Waals surface area contributed by atoms with Gasteiger partial charge in [0.1, 0.15) is 17.3 Å². The van der Waals surface area contributed by atoms with E-state index in [0.717, 1.165) is 56.1 Å². The van der Waals surface area contributed by atoms with Gasteiger partial charge in [0.2, 0.25) is 0 Å². The van der Waals surface area contributed by atoms with E-state index in [1.165, 1.54) is 32.9 Å². The molecule has 6 heteroatoms. The summed E-state index contributed by atoms with van der Waals surface area (Å²) in [5.74, 6) is 1.22. The highest BCUT2D eigenvalue weighted by molar-refractivity contribution is 7.20. The number of benzene rings is 9. The van der Waals surface area contributed by atoms with E-state index in [2.05, 4.69) is 154 Å². The molecule has 61 heavy (non-hydrogen) atoms. The molecular formula is C55H38FN3OSi. The molecule has 0 saturated carbocycles. The van der Waals surface area contributed by atoms with Gasteiger partial charge < -0.3 is 14.2 Å². The number of anilines is 3. The minimum Gasteiger partial charge on any atom is -0.457 e. The molecule has 10 aromatic rings. The number of ether oxygens (including phenoxy) is 1. The van der Waals surface area contributed by atoms with Crippen LogP contribution in [0.15, 0.2) is 231 Å². The Kier molecular flexibility index (Phi) is 9.78. The Labute approximate surface area is 355 Å². The normalized spacial score (nSPS) is 11.3. The Bertz CT molecular complexity index is 3050. The largest absolute Gasteiger partial charge is 0.457 e. The molecule has 0 N–H and O–H groups in total. The molecule has 1 heterocycles. The van der Waals surface area contributed by atoms with Crippen molar-refractivity contribution in [2.75, 3.05) is 4.90 Å². The second kappa shape index (κ2) is 16.0. The SMILES string of the molecule is [C-]#[N+]c1ccc(N(c2ccc(Oc3ccccc3)cc2)c2ccc3c(c2)c2cc([Si](c4ccccc4)(c4ccccc4)c4ccccc4)ccc2n3-c2ccc(F)cc2)cc1. The van der Waals surface area contributed by atoms with E-state index < -0.39 is 8.07 Å². The lowest BCUT2D eigenvalue weighted by molar-refractivity contribution is 0.483. The highest BCUT2D eigenvalue weighted by Gasteiger charge is 2.41. The molecule has 10 rings (SSSR count). The fourth-order valence-corrected chi connectivity index (χ4v) is 13.5. The van der Waals surface area contributed by atoms with Crippen molar-refractivity contribution in [3.8, 4) is 17.2 Å². The lowest BCUT2D eigenvalue weighted by atomic mass is 10.1. The van der Waals surface area contributed by atoms with Crippen LogP contribution in [0.3, 0.4) is 0 Å². The van der Waals surface area contributed by atoms with E-state index in [1.807, 2.05) is 78.9 Å². The number of hydrogen-bond donors (Lipinski definition) is 0. The standard InChI is InChI=1S/C55H38FN3OSi/c1-57-41-24-28-42(29-25-41)58(43-30-33-47(34-31-43)60-46-14-6-2-7-15-46)45-32-36-54-52(38-45)53-39-51(35-37-55(53)59(54)44-26-22-40(56)23-27-44)61(48-16-8-3-9-17-48,49-18-10-4-11-19-49)50-20-12-5-13-21-50/h2-39H. The minimum atomic E-state index is -2.87. The third kappa shape index (κ3) is 6.83. The summed E-state index contributed by atoms with van der Waals surface area (Å²) in [5, 5.41) is 7.29. The Morgan fingerprint density at radius 3 is 1.44 bits per heavy atom. The highest BCUT2D eigenvalue weighted by Crippen LogP contribution is 2.41. The van der Waals surface area contributed by atoms with Crippen molar-refractivity contribution in [2.45, 2.75) is 0 Å². The molecule has 0 amide bonds. The predicted molar refractivity (Wildman–Crippen MR) is 252 cm³/mol. The second-order valence-electron chi connectivity index (χ2n) is 15.0. The van der Waals surface area contributed by atoms with Crippen molar-refractivity contribution in [2.24, 2.45) is 0 Å². The van der Waals surface area contributed by atoms with Crippen LogP contribution in [0, 0.1) is 12.4 Å². The summed E-state index contributed by atoms with van der Waals surface area (Å²) in [4.78, 5) is 5.88. The van der Waals surface area contributed by atoms with Crippen LogP contribution in [0.4, 0.5) is 27.1 Å². The van der Waals surface area contributed by atoms with Crippen LogP contribution in [-0.4, -0.2) is 12.6 Å². The molecule has 0 radical (unpaired) electrons. The first-order valence-electron chi connectivity index (χ1n) is 20.2. The molecule has 0 fully saturated rings. The van der Waals surface area contributed by atoms with Crippen LogP contribution in [0.1, 0.15) is 0 Å². The Balaban J connectivity index is 1.22. The van der Waals surface area contributed by atoms with Gasteiger partial charge in [0.25, 0.3) is 0 Å². The van der Waals surface area contributed by atoms with Crippen molar-refractivity contribution in [1.82, 2.24) is 4.57 Å². The first-order valence-corrected chi connectivity index (χ1v) is 22.2. The minimum absolute atomic E-state index is 0.279. The molecule has 0 saturated heterocycles. The van der Waals surface area contributed by atoms with Gasteiger partial charge in [0.15, 0.2) is 13.8 Å². The third-order valence-electron chi connectivity index (χ3n) is 11.5. The number of aromatic nitrogens is 1. The van der Waals surface area contributed by atoms with Crippen molar-refractivity contribution < 1.29 is 9.13 Å². The Morgan fingerprint density at radius 1 is 0.443 bits per heavy atom. The Morgan fingerprint density at radius 2 is 0.902 bits per heavy atom. The van der Waals surface area contributed by atoms with Crippen LogP contribution in [0.5, 0.6) is 11.5 Å². The Hall–Kier alpha value is -7.98. The zero-order valence-electron chi connectivity index (χ0n) is 33.1. The first-order chi connectivity index (χ1) is 30.1. The zero-order chi connectivity index (χ0) is 41.2. The van der Waals surface area contributed by atoms with Gasteiger partial charge in [-0.15, -0.1) is 0 Å². The number of para-hydroxylation sites is 1. The zero-order valence-corrected chi connectivity index (χ0v) is 34.1. The summed E-state index contributed by atoms with van der Waals surface area (Å²) in [6.07, 6.45) is 0.